The molecule has 0 spiro atoms. The van der Waals surface area contributed by atoms with Gasteiger partial charge in [0.1, 0.15) is 5.54 Å². The molecule has 3 heteroatoms. The van der Waals surface area contributed by atoms with Crippen molar-refractivity contribution >= 4 is 5.97 Å². The van der Waals surface area contributed by atoms with Crippen molar-refractivity contribution in [1.82, 2.24) is 0 Å². The van der Waals surface area contributed by atoms with Crippen LogP contribution in [0.3, 0.4) is 0 Å². The second-order valence-corrected chi connectivity index (χ2v) is 5.38. The molecule has 0 amide bonds. The summed E-state index contributed by atoms with van der Waals surface area (Å²) in [5.74, 6) is 0.0700. The number of unbranched alkanes of at least 4 members (excludes halogenated alkanes) is 3. The van der Waals surface area contributed by atoms with E-state index in [-0.39, 0.29) is 11.9 Å². The Bertz CT molecular complexity index is 242. The molecule has 100 valence electrons. The first kappa shape index (κ1) is 14.5. The van der Waals surface area contributed by atoms with Gasteiger partial charge in [0.05, 0.1) is 6.61 Å². The monoisotopic (exact) mass is 241 g/mol. The van der Waals surface area contributed by atoms with Crippen LogP contribution in [0.25, 0.3) is 0 Å². The quantitative estimate of drug-likeness (QED) is 0.574. The minimum atomic E-state index is -0.719. The van der Waals surface area contributed by atoms with Gasteiger partial charge in [0.15, 0.2) is 0 Å². The van der Waals surface area contributed by atoms with E-state index < -0.39 is 5.54 Å². The zero-order valence-electron chi connectivity index (χ0n) is 11.3. The van der Waals surface area contributed by atoms with Crippen LogP contribution in [-0.2, 0) is 9.53 Å². The largest absolute Gasteiger partial charge is 0.464 e. The molecule has 0 heterocycles. The maximum Gasteiger partial charge on any atom is 0.326 e. The fourth-order valence-corrected chi connectivity index (χ4v) is 2.50. The molecule has 0 saturated heterocycles. The highest BCUT2D eigenvalue weighted by Crippen LogP contribution is 2.32. The molecule has 1 fully saturated rings. The number of hydrogen-bond acceptors (Lipinski definition) is 3. The molecule has 2 N–H and O–H groups in total. The lowest BCUT2D eigenvalue weighted by Crippen LogP contribution is -2.55. The first-order valence-electron chi connectivity index (χ1n) is 7.07. The predicted octanol–water partition coefficient (Wildman–Crippen LogP) is 3.02. The number of hydrogen-bond donors (Lipinski definition) is 1. The molecule has 1 aliphatic rings. The molecule has 17 heavy (non-hydrogen) atoms. The van der Waals surface area contributed by atoms with E-state index in [9.17, 15) is 4.79 Å². The number of nitrogens with two attached hydrogens (primary N) is 1. The van der Waals surface area contributed by atoms with Crippen LogP contribution < -0.4 is 5.73 Å². The van der Waals surface area contributed by atoms with Gasteiger partial charge in [0.25, 0.3) is 0 Å². The number of rotatable bonds is 6. The summed E-state index contributed by atoms with van der Waals surface area (Å²) in [6.45, 7) is 4.77. The lowest BCUT2D eigenvalue weighted by molar-refractivity contribution is -0.153. The third-order valence-corrected chi connectivity index (χ3v) is 3.97. The normalized spacial score (nSPS) is 29.0. The van der Waals surface area contributed by atoms with E-state index in [1.807, 2.05) is 0 Å². The first-order chi connectivity index (χ1) is 8.11. The first-order valence-corrected chi connectivity index (χ1v) is 7.07. The van der Waals surface area contributed by atoms with E-state index in [2.05, 4.69) is 13.8 Å². The molecule has 1 rings (SSSR count). The molecule has 0 aliphatic heterocycles. The van der Waals surface area contributed by atoms with Gasteiger partial charge in [-0.2, -0.15) is 0 Å². The lowest BCUT2D eigenvalue weighted by atomic mass is 9.74. The van der Waals surface area contributed by atoms with E-state index in [4.69, 9.17) is 10.5 Å². The van der Waals surface area contributed by atoms with Crippen molar-refractivity contribution in [3.63, 3.8) is 0 Å². The molecule has 0 aromatic heterocycles. The molecule has 2 atom stereocenters. The second kappa shape index (κ2) is 7.00. The van der Waals surface area contributed by atoms with Crippen LogP contribution in [-0.4, -0.2) is 18.1 Å². The van der Waals surface area contributed by atoms with E-state index in [0.717, 1.165) is 32.1 Å². The smallest absolute Gasteiger partial charge is 0.326 e. The van der Waals surface area contributed by atoms with Gasteiger partial charge in [-0.3, -0.25) is 4.79 Å². The van der Waals surface area contributed by atoms with Crippen molar-refractivity contribution in [2.75, 3.05) is 6.61 Å². The molecular formula is C14H27NO2. The molecule has 1 aliphatic carbocycles. The third kappa shape index (κ3) is 3.98. The highest BCUT2D eigenvalue weighted by atomic mass is 16.5. The number of carbonyl (C=O) groups excluding carboxylic acids is 1. The maximum absolute atomic E-state index is 12.0. The number of ether oxygens (including phenoxy) is 1. The summed E-state index contributed by atoms with van der Waals surface area (Å²) in [5.41, 5.74) is 5.49. The minimum Gasteiger partial charge on any atom is -0.464 e. The fourth-order valence-electron chi connectivity index (χ4n) is 2.50. The Kier molecular flexibility index (Phi) is 5.96. The van der Waals surface area contributed by atoms with Crippen molar-refractivity contribution in [3.05, 3.63) is 0 Å². The summed E-state index contributed by atoms with van der Waals surface area (Å²) in [4.78, 5) is 12.0. The Balaban J connectivity index is 2.30. The summed E-state index contributed by atoms with van der Waals surface area (Å²) < 4.78 is 5.34. The fraction of sp³-hybridized carbons (Fsp3) is 0.929. The van der Waals surface area contributed by atoms with Gasteiger partial charge in [0.2, 0.25) is 0 Å². The third-order valence-electron chi connectivity index (χ3n) is 3.97. The zero-order chi connectivity index (χ0) is 12.7. The summed E-state index contributed by atoms with van der Waals surface area (Å²) in [6, 6.07) is 0. The van der Waals surface area contributed by atoms with Crippen molar-refractivity contribution in [1.29, 1.82) is 0 Å². The maximum atomic E-state index is 12.0. The van der Waals surface area contributed by atoms with Crippen LogP contribution in [0.5, 0.6) is 0 Å². The van der Waals surface area contributed by atoms with Gasteiger partial charge in [-0.05, 0) is 25.2 Å². The second-order valence-electron chi connectivity index (χ2n) is 5.38. The van der Waals surface area contributed by atoms with Gasteiger partial charge in [-0.1, -0.05) is 46.0 Å². The van der Waals surface area contributed by atoms with E-state index in [1.165, 1.54) is 19.3 Å². The zero-order valence-corrected chi connectivity index (χ0v) is 11.3. The Morgan fingerprint density at radius 3 is 2.76 bits per heavy atom. The van der Waals surface area contributed by atoms with Crippen LogP contribution in [0.2, 0.25) is 0 Å². The summed E-state index contributed by atoms with van der Waals surface area (Å²) in [5, 5.41) is 0. The Hall–Kier alpha value is -0.570. The van der Waals surface area contributed by atoms with Gasteiger partial charge in [-0.15, -0.1) is 0 Å². The molecule has 0 bridgehead atoms. The Morgan fingerprint density at radius 1 is 1.35 bits per heavy atom. The molecule has 2 unspecified atom stereocenters. The number of carbonyl (C=O) groups is 1. The van der Waals surface area contributed by atoms with Crippen LogP contribution >= 0.6 is 0 Å². The molecule has 0 aromatic rings. The molecule has 0 radical (unpaired) electrons. The van der Waals surface area contributed by atoms with Gasteiger partial charge < -0.3 is 10.5 Å². The van der Waals surface area contributed by atoms with E-state index in [1.54, 1.807) is 0 Å². The van der Waals surface area contributed by atoms with Crippen molar-refractivity contribution in [2.45, 2.75) is 70.8 Å². The van der Waals surface area contributed by atoms with Crippen molar-refractivity contribution in [3.8, 4) is 0 Å². The van der Waals surface area contributed by atoms with Crippen LogP contribution in [0.1, 0.15) is 65.2 Å². The summed E-state index contributed by atoms with van der Waals surface area (Å²) >= 11 is 0. The average molecular weight is 241 g/mol. The standard InChI is InChI=1S/C14H27NO2/c1-3-4-5-8-11-17-13(16)14(15)10-7-6-9-12(14)2/h12H,3-11,15H2,1-2H3. The van der Waals surface area contributed by atoms with Crippen LogP contribution in [0.15, 0.2) is 0 Å². The highest BCUT2D eigenvalue weighted by Gasteiger charge is 2.42. The number of esters is 1. The van der Waals surface area contributed by atoms with E-state index >= 15 is 0 Å². The van der Waals surface area contributed by atoms with Crippen LogP contribution in [0, 0.1) is 5.92 Å². The molecule has 1 saturated carbocycles. The topological polar surface area (TPSA) is 52.3 Å². The van der Waals surface area contributed by atoms with E-state index in [0.29, 0.717) is 6.61 Å². The van der Waals surface area contributed by atoms with Crippen LogP contribution in [0.4, 0.5) is 0 Å². The minimum absolute atomic E-state index is 0.179. The average Bonchev–Trinajstić information content (AvgIpc) is 2.32. The molecule has 3 nitrogen and oxygen atoms in total. The van der Waals surface area contributed by atoms with Crippen molar-refractivity contribution in [2.24, 2.45) is 11.7 Å². The van der Waals surface area contributed by atoms with Gasteiger partial charge >= 0.3 is 5.97 Å². The van der Waals surface area contributed by atoms with Gasteiger partial charge in [0, 0.05) is 0 Å². The lowest BCUT2D eigenvalue weighted by Gasteiger charge is -2.36. The highest BCUT2D eigenvalue weighted by molar-refractivity contribution is 5.81. The predicted molar refractivity (Wildman–Crippen MR) is 69.7 cm³/mol. The Labute approximate surface area is 105 Å². The summed E-state index contributed by atoms with van der Waals surface area (Å²) in [6.07, 6.45) is 8.56. The Morgan fingerprint density at radius 2 is 2.12 bits per heavy atom. The van der Waals surface area contributed by atoms with Crippen molar-refractivity contribution < 1.29 is 9.53 Å². The molecular weight excluding hydrogens is 214 g/mol. The van der Waals surface area contributed by atoms with Gasteiger partial charge in [-0.25, -0.2) is 0 Å². The SMILES string of the molecule is CCCCCCOC(=O)C1(N)CCCCC1C. The summed E-state index contributed by atoms with van der Waals surface area (Å²) in [7, 11) is 0. The molecule has 0 aromatic carbocycles.